The third kappa shape index (κ3) is 9.33. The number of amides is 2. The van der Waals surface area contributed by atoms with Crippen LogP contribution in [0.2, 0.25) is 10.0 Å². The third-order valence-corrected chi connectivity index (χ3v) is 9.17. The molecule has 0 spiro atoms. The Morgan fingerprint density at radius 3 is 1.96 bits per heavy atom. The molecule has 0 saturated heterocycles. The second kappa shape index (κ2) is 14.5. The van der Waals surface area contributed by atoms with Crippen molar-refractivity contribution >= 4 is 50.7 Å². The van der Waals surface area contributed by atoms with E-state index in [1.54, 1.807) is 18.2 Å². The number of nitrogens with zero attached hydrogens (tertiary/aromatic N) is 2. The van der Waals surface area contributed by atoms with Crippen LogP contribution in [0.4, 0.5) is 5.69 Å². The molecule has 0 radical (unpaired) electrons. The van der Waals surface area contributed by atoms with E-state index in [0.717, 1.165) is 21.0 Å². The minimum atomic E-state index is -4.26. The summed E-state index contributed by atoms with van der Waals surface area (Å²) < 4.78 is 29.2. The van der Waals surface area contributed by atoms with Gasteiger partial charge in [0, 0.05) is 28.5 Å². The normalized spacial score (nSPS) is 12.3. The van der Waals surface area contributed by atoms with E-state index in [0.29, 0.717) is 0 Å². The lowest BCUT2D eigenvalue weighted by molar-refractivity contribution is -0.140. The number of sulfonamides is 1. The second-order valence-corrected chi connectivity index (χ2v) is 14.6. The van der Waals surface area contributed by atoms with Gasteiger partial charge in [0.25, 0.3) is 10.0 Å². The zero-order chi connectivity index (χ0) is 32.8. The summed E-state index contributed by atoms with van der Waals surface area (Å²) >= 11 is 12.6. The average molecular weight is 667 g/mol. The van der Waals surface area contributed by atoms with E-state index >= 15 is 0 Å². The first-order valence-electron chi connectivity index (χ1n) is 14.5. The van der Waals surface area contributed by atoms with E-state index in [1.165, 1.54) is 35.2 Å². The molecule has 10 heteroatoms. The number of aryl methyl sites for hydroxylation is 1. The molecule has 236 valence electrons. The molecule has 2 amide bonds. The number of nitrogens with one attached hydrogen (secondary N) is 1. The van der Waals surface area contributed by atoms with Crippen molar-refractivity contribution in [3.8, 4) is 0 Å². The molecule has 0 heterocycles. The average Bonchev–Trinajstić information content (AvgIpc) is 2.97. The van der Waals surface area contributed by atoms with Crippen LogP contribution in [0.5, 0.6) is 0 Å². The van der Waals surface area contributed by atoms with Gasteiger partial charge in [0.1, 0.15) is 12.6 Å². The first-order valence-corrected chi connectivity index (χ1v) is 16.7. The Bertz CT molecular complexity index is 1720. The SMILES string of the molecule is Cc1cccc(CN(C(=O)CN(c2cc(Cl)cc(Cl)c2)S(=O)(=O)c2ccccc2)C(Cc2ccccc2)C(=O)NC(C)(C)C)c1. The number of rotatable bonds is 11. The van der Waals surface area contributed by atoms with E-state index in [2.05, 4.69) is 5.32 Å². The Morgan fingerprint density at radius 1 is 0.800 bits per heavy atom. The van der Waals surface area contributed by atoms with Gasteiger partial charge in [-0.15, -0.1) is 0 Å². The Morgan fingerprint density at radius 2 is 1.38 bits per heavy atom. The van der Waals surface area contributed by atoms with Crippen LogP contribution in [0.3, 0.4) is 0 Å². The van der Waals surface area contributed by atoms with Gasteiger partial charge in [0.05, 0.1) is 10.6 Å². The number of benzene rings is 4. The van der Waals surface area contributed by atoms with Gasteiger partial charge in [0.2, 0.25) is 11.8 Å². The standard InChI is InChI=1S/C35H37Cl2N3O4S/c1-25-12-11-15-27(18-25)23-39(32(34(42)38-35(2,3)4)19-26-13-7-5-8-14-26)33(41)24-40(30-21-28(36)20-29(37)22-30)45(43,44)31-16-9-6-10-17-31/h5-18,20-22,32H,19,23-24H2,1-4H3,(H,38,42). The number of carbonyl (C=O) groups excluding carboxylic acids is 2. The van der Waals surface area contributed by atoms with Crippen LogP contribution in [0, 0.1) is 6.92 Å². The summed E-state index contributed by atoms with van der Waals surface area (Å²) in [4.78, 5) is 29.9. The summed E-state index contributed by atoms with van der Waals surface area (Å²) in [5, 5.41) is 3.45. The Hall–Kier alpha value is -3.85. The van der Waals surface area contributed by atoms with Gasteiger partial charge in [-0.1, -0.05) is 102 Å². The van der Waals surface area contributed by atoms with Gasteiger partial charge >= 0.3 is 0 Å². The van der Waals surface area contributed by atoms with Crippen LogP contribution in [0.15, 0.2) is 108 Å². The van der Waals surface area contributed by atoms with E-state index in [1.807, 2.05) is 82.3 Å². The largest absolute Gasteiger partial charge is 0.350 e. The lowest BCUT2D eigenvalue weighted by atomic mass is 10.0. The van der Waals surface area contributed by atoms with Gasteiger partial charge in [-0.2, -0.15) is 0 Å². The molecule has 7 nitrogen and oxygen atoms in total. The second-order valence-electron chi connectivity index (χ2n) is 11.9. The van der Waals surface area contributed by atoms with Crippen molar-refractivity contribution < 1.29 is 18.0 Å². The van der Waals surface area contributed by atoms with Gasteiger partial charge in [-0.3, -0.25) is 13.9 Å². The highest BCUT2D eigenvalue weighted by Gasteiger charge is 2.35. The predicted molar refractivity (Wildman–Crippen MR) is 181 cm³/mol. The molecule has 0 saturated carbocycles. The molecule has 45 heavy (non-hydrogen) atoms. The molecule has 0 bridgehead atoms. The van der Waals surface area contributed by atoms with Gasteiger partial charge in [-0.25, -0.2) is 8.42 Å². The van der Waals surface area contributed by atoms with Crippen LogP contribution < -0.4 is 9.62 Å². The van der Waals surface area contributed by atoms with Gasteiger partial charge < -0.3 is 10.2 Å². The molecule has 0 aromatic heterocycles. The molecule has 0 fully saturated rings. The number of anilines is 1. The third-order valence-electron chi connectivity index (χ3n) is 6.95. The molecule has 1 unspecified atom stereocenters. The molecular formula is C35H37Cl2N3O4S. The predicted octanol–water partition coefficient (Wildman–Crippen LogP) is 7.05. The van der Waals surface area contributed by atoms with Crippen LogP contribution in [-0.4, -0.2) is 43.3 Å². The van der Waals surface area contributed by atoms with Crippen molar-refractivity contribution in [2.75, 3.05) is 10.8 Å². The summed E-state index contributed by atoms with van der Waals surface area (Å²) in [6, 6.07) is 28.3. The summed E-state index contributed by atoms with van der Waals surface area (Å²) in [7, 11) is -4.26. The molecular weight excluding hydrogens is 629 g/mol. The van der Waals surface area contributed by atoms with Crippen LogP contribution in [0.1, 0.15) is 37.5 Å². The smallest absolute Gasteiger partial charge is 0.264 e. The molecule has 4 aromatic rings. The van der Waals surface area contributed by atoms with E-state index in [4.69, 9.17) is 23.2 Å². The van der Waals surface area contributed by atoms with Crippen molar-refractivity contribution in [1.82, 2.24) is 10.2 Å². The van der Waals surface area contributed by atoms with Crippen molar-refractivity contribution in [2.45, 2.75) is 57.1 Å². The van der Waals surface area contributed by atoms with Crippen LogP contribution >= 0.6 is 23.2 Å². The van der Waals surface area contributed by atoms with Crippen molar-refractivity contribution in [1.29, 1.82) is 0 Å². The van der Waals surface area contributed by atoms with Gasteiger partial charge in [0.15, 0.2) is 0 Å². The number of hydrogen-bond donors (Lipinski definition) is 1. The lowest BCUT2D eigenvalue weighted by Gasteiger charge is -2.35. The van der Waals surface area contributed by atoms with Gasteiger partial charge in [-0.05, 0) is 69.2 Å². The number of hydrogen-bond acceptors (Lipinski definition) is 4. The minimum Gasteiger partial charge on any atom is -0.350 e. The summed E-state index contributed by atoms with van der Waals surface area (Å²) in [5.74, 6) is -0.923. The maximum Gasteiger partial charge on any atom is 0.264 e. The van der Waals surface area contributed by atoms with E-state index in [-0.39, 0.29) is 39.5 Å². The van der Waals surface area contributed by atoms with Crippen LogP contribution in [0.25, 0.3) is 0 Å². The Balaban J connectivity index is 1.84. The summed E-state index contributed by atoms with van der Waals surface area (Å²) in [6.45, 7) is 7.02. The van der Waals surface area contributed by atoms with E-state index < -0.39 is 34.1 Å². The molecule has 4 rings (SSSR count). The molecule has 0 aliphatic carbocycles. The Kier molecular flexibility index (Phi) is 11.0. The first kappa shape index (κ1) is 34.0. The Labute approximate surface area is 275 Å². The number of carbonyl (C=O) groups is 2. The molecule has 1 N–H and O–H groups in total. The highest BCUT2D eigenvalue weighted by Crippen LogP contribution is 2.30. The van der Waals surface area contributed by atoms with Crippen molar-refractivity contribution in [3.05, 3.63) is 130 Å². The molecule has 0 aliphatic rings. The molecule has 1 atom stereocenters. The quantitative estimate of drug-likeness (QED) is 0.186. The fourth-order valence-corrected chi connectivity index (χ4v) is 6.88. The van der Waals surface area contributed by atoms with E-state index in [9.17, 15) is 18.0 Å². The molecule has 0 aliphatic heterocycles. The topological polar surface area (TPSA) is 86.8 Å². The summed E-state index contributed by atoms with van der Waals surface area (Å²) in [6.07, 6.45) is 0.217. The zero-order valence-electron chi connectivity index (χ0n) is 25.7. The maximum atomic E-state index is 14.5. The van der Waals surface area contributed by atoms with Crippen molar-refractivity contribution in [3.63, 3.8) is 0 Å². The highest BCUT2D eigenvalue weighted by molar-refractivity contribution is 7.92. The number of halogens is 2. The first-order chi connectivity index (χ1) is 21.2. The zero-order valence-corrected chi connectivity index (χ0v) is 28.0. The highest BCUT2D eigenvalue weighted by atomic mass is 35.5. The van der Waals surface area contributed by atoms with Crippen LogP contribution in [-0.2, 0) is 32.6 Å². The monoisotopic (exact) mass is 665 g/mol. The fourth-order valence-electron chi connectivity index (χ4n) is 4.95. The maximum absolute atomic E-state index is 14.5. The van der Waals surface area contributed by atoms with Crippen molar-refractivity contribution in [2.24, 2.45) is 0 Å². The molecule has 4 aromatic carbocycles. The minimum absolute atomic E-state index is 0.00885. The lowest BCUT2D eigenvalue weighted by Crippen LogP contribution is -2.56. The fraction of sp³-hybridized carbons (Fsp3) is 0.257. The summed E-state index contributed by atoms with van der Waals surface area (Å²) in [5.41, 5.74) is 2.18.